The summed E-state index contributed by atoms with van der Waals surface area (Å²) in [4.78, 5) is 11.2. The van der Waals surface area contributed by atoms with Gasteiger partial charge >= 0.3 is 5.97 Å². The maximum atomic E-state index is 11.2. The fraction of sp³-hybridized carbons (Fsp3) is 0.462. The zero-order chi connectivity index (χ0) is 13.5. The van der Waals surface area contributed by atoms with E-state index in [1.807, 2.05) is 6.92 Å². The van der Waals surface area contributed by atoms with Crippen LogP contribution in [0, 0.1) is 0 Å². The first-order chi connectivity index (χ1) is 8.58. The minimum absolute atomic E-state index is 0.103. The molecule has 1 rings (SSSR count). The van der Waals surface area contributed by atoms with E-state index in [2.05, 4.69) is 5.32 Å². The fourth-order valence-corrected chi connectivity index (χ4v) is 1.56. The second-order valence-corrected chi connectivity index (χ2v) is 3.83. The highest BCUT2D eigenvalue weighted by Crippen LogP contribution is 2.28. The van der Waals surface area contributed by atoms with Crippen LogP contribution >= 0.6 is 0 Å². The molecule has 100 valence electrons. The Morgan fingerprint density at radius 3 is 2.83 bits per heavy atom. The van der Waals surface area contributed by atoms with E-state index in [0.29, 0.717) is 17.9 Å². The highest BCUT2D eigenvalue weighted by Gasteiger charge is 2.13. The number of phenolic OH excluding ortho intramolecular Hbond substituents is 1. The van der Waals surface area contributed by atoms with Crippen LogP contribution in [0.2, 0.25) is 0 Å². The molecule has 0 heterocycles. The average Bonchev–Trinajstić information content (AvgIpc) is 2.37. The van der Waals surface area contributed by atoms with Gasteiger partial charge in [-0.2, -0.15) is 0 Å². The number of benzene rings is 1. The molecule has 0 aliphatic rings. The molecule has 0 amide bonds. The molecule has 0 aliphatic carbocycles. The summed E-state index contributed by atoms with van der Waals surface area (Å²) >= 11 is 0. The molecule has 0 saturated carbocycles. The number of nitrogens with one attached hydrogen (secondary N) is 1. The predicted molar refractivity (Wildman–Crippen MR) is 67.7 cm³/mol. The van der Waals surface area contributed by atoms with E-state index in [4.69, 9.17) is 9.47 Å². The van der Waals surface area contributed by atoms with Gasteiger partial charge in [-0.25, -0.2) is 0 Å². The Kier molecular flexibility index (Phi) is 5.45. The average molecular weight is 253 g/mol. The van der Waals surface area contributed by atoms with Crippen LogP contribution in [0.1, 0.15) is 25.5 Å². The third-order valence-corrected chi connectivity index (χ3v) is 2.56. The normalized spacial score (nSPS) is 11.9. The molecule has 1 unspecified atom stereocenters. The van der Waals surface area contributed by atoms with E-state index in [9.17, 15) is 9.90 Å². The number of rotatable bonds is 6. The SMILES string of the molecule is CCOC(=O)CNC(C)c1cc(OC)ccc1O. The molecule has 0 spiro atoms. The van der Waals surface area contributed by atoms with Gasteiger partial charge in [-0.05, 0) is 32.0 Å². The molecule has 5 nitrogen and oxygen atoms in total. The van der Waals surface area contributed by atoms with Crippen molar-refractivity contribution in [3.05, 3.63) is 23.8 Å². The monoisotopic (exact) mass is 253 g/mol. The first-order valence-electron chi connectivity index (χ1n) is 5.84. The molecular weight excluding hydrogens is 234 g/mol. The van der Waals surface area contributed by atoms with Gasteiger partial charge in [0.2, 0.25) is 0 Å². The van der Waals surface area contributed by atoms with Gasteiger partial charge in [0.25, 0.3) is 0 Å². The van der Waals surface area contributed by atoms with E-state index in [0.717, 1.165) is 0 Å². The summed E-state index contributed by atoms with van der Waals surface area (Å²) in [5, 5.41) is 12.7. The van der Waals surface area contributed by atoms with Gasteiger partial charge < -0.3 is 19.9 Å². The van der Waals surface area contributed by atoms with Gasteiger partial charge in [-0.1, -0.05) is 0 Å². The van der Waals surface area contributed by atoms with Crippen LogP contribution < -0.4 is 10.1 Å². The number of carbonyl (C=O) groups is 1. The predicted octanol–water partition coefficient (Wildman–Crippen LogP) is 1.61. The van der Waals surface area contributed by atoms with Gasteiger partial charge in [0, 0.05) is 11.6 Å². The highest BCUT2D eigenvalue weighted by molar-refractivity contribution is 5.71. The molecule has 5 heteroatoms. The lowest BCUT2D eigenvalue weighted by atomic mass is 10.1. The molecule has 0 radical (unpaired) electrons. The van der Waals surface area contributed by atoms with E-state index in [1.54, 1.807) is 32.2 Å². The summed E-state index contributed by atoms with van der Waals surface area (Å²) in [5.74, 6) is 0.513. The number of aromatic hydroxyl groups is 1. The first-order valence-corrected chi connectivity index (χ1v) is 5.84. The molecule has 18 heavy (non-hydrogen) atoms. The van der Waals surface area contributed by atoms with Gasteiger partial charge in [-0.15, -0.1) is 0 Å². The lowest BCUT2D eigenvalue weighted by Gasteiger charge is -2.16. The van der Waals surface area contributed by atoms with Crippen molar-refractivity contribution in [2.45, 2.75) is 19.9 Å². The van der Waals surface area contributed by atoms with Crippen LogP contribution in [0.25, 0.3) is 0 Å². The molecule has 1 aromatic carbocycles. The minimum Gasteiger partial charge on any atom is -0.508 e. The van der Waals surface area contributed by atoms with Gasteiger partial charge in [0.05, 0.1) is 20.3 Å². The Hall–Kier alpha value is -1.75. The van der Waals surface area contributed by atoms with E-state index in [-0.39, 0.29) is 24.3 Å². The zero-order valence-corrected chi connectivity index (χ0v) is 10.9. The number of hydrogen-bond donors (Lipinski definition) is 2. The van der Waals surface area contributed by atoms with Crippen molar-refractivity contribution in [3.63, 3.8) is 0 Å². The second-order valence-electron chi connectivity index (χ2n) is 3.83. The van der Waals surface area contributed by atoms with Crippen molar-refractivity contribution in [1.82, 2.24) is 5.32 Å². The van der Waals surface area contributed by atoms with Crippen molar-refractivity contribution in [3.8, 4) is 11.5 Å². The topological polar surface area (TPSA) is 67.8 Å². The zero-order valence-electron chi connectivity index (χ0n) is 10.9. The number of ether oxygens (including phenoxy) is 2. The van der Waals surface area contributed by atoms with Crippen molar-refractivity contribution in [2.24, 2.45) is 0 Å². The van der Waals surface area contributed by atoms with E-state index in [1.165, 1.54) is 0 Å². The number of carbonyl (C=O) groups excluding carboxylic acids is 1. The molecule has 1 atom stereocenters. The molecule has 1 aromatic rings. The summed E-state index contributed by atoms with van der Waals surface area (Å²) in [6, 6.07) is 4.80. The highest BCUT2D eigenvalue weighted by atomic mass is 16.5. The van der Waals surface area contributed by atoms with Crippen molar-refractivity contribution >= 4 is 5.97 Å². The summed E-state index contributed by atoms with van der Waals surface area (Å²) in [6.07, 6.45) is 0. The summed E-state index contributed by atoms with van der Waals surface area (Å²) in [6.45, 7) is 4.08. The third kappa shape index (κ3) is 3.92. The molecule has 2 N–H and O–H groups in total. The van der Waals surface area contributed by atoms with Crippen LogP contribution in [0.4, 0.5) is 0 Å². The van der Waals surface area contributed by atoms with Crippen molar-refractivity contribution in [1.29, 1.82) is 0 Å². The Bertz CT molecular complexity index is 406. The van der Waals surface area contributed by atoms with E-state index >= 15 is 0 Å². The lowest BCUT2D eigenvalue weighted by molar-refractivity contribution is -0.142. The minimum atomic E-state index is -0.313. The van der Waals surface area contributed by atoms with Crippen LogP contribution in [0.15, 0.2) is 18.2 Å². The molecule has 0 fully saturated rings. The molecule has 0 saturated heterocycles. The van der Waals surface area contributed by atoms with Crippen molar-refractivity contribution in [2.75, 3.05) is 20.3 Å². The van der Waals surface area contributed by atoms with Crippen LogP contribution in [-0.2, 0) is 9.53 Å². The third-order valence-electron chi connectivity index (χ3n) is 2.56. The number of methoxy groups -OCH3 is 1. The Morgan fingerprint density at radius 1 is 1.50 bits per heavy atom. The largest absolute Gasteiger partial charge is 0.508 e. The summed E-state index contributed by atoms with van der Waals surface area (Å²) in [5.41, 5.74) is 0.679. The van der Waals surface area contributed by atoms with Gasteiger partial charge in [-0.3, -0.25) is 4.79 Å². The molecule has 0 bridgehead atoms. The van der Waals surface area contributed by atoms with E-state index < -0.39 is 0 Å². The van der Waals surface area contributed by atoms with Gasteiger partial charge in [0.1, 0.15) is 11.5 Å². The van der Waals surface area contributed by atoms with Crippen molar-refractivity contribution < 1.29 is 19.4 Å². The van der Waals surface area contributed by atoms with Crippen LogP contribution in [0.5, 0.6) is 11.5 Å². The maximum absolute atomic E-state index is 11.2. The molecule has 0 aliphatic heterocycles. The first kappa shape index (κ1) is 14.3. The number of hydrogen-bond acceptors (Lipinski definition) is 5. The lowest BCUT2D eigenvalue weighted by Crippen LogP contribution is -2.27. The fourth-order valence-electron chi connectivity index (χ4n) is 1.56. The standard InChI is InChI=1S/C13H19NO4/c1-4-18-13(16)8-14-9(2)11-7-10(17-3)5-6-12(11)15/h5-7,9,14-15H,4,8H2,1-3H3. The summed E-state index contributed by atoms with van der Waals surface area (Å²) in [7, 11) is 1.56. The Balaban J connectivity index is 2.65. The van der Waals surface area contributed by atoms with Crippen LogP contribution in [-0.4, -0.2) is 31.3 Å². The number of esters is 1. The molecular formula is C13H19NO4. The molecule has 0 aromatic heterocycles. The van der Waals surface area contributed by atoms with Gasteiger partial charge in [0.15, 0.2) is 0 Å². The Morgan fingerprint density at radius 2 is 2.22 bits per heavy atom. The quantitative estimate of drug-likeness (QED) is 0.754. The number of phenols is 1. The smallest absolute Gasteiger partial charge is 0.319 e. The second kappa shape index (κ2) is 6.86. The Labute approximate surface area is 107 Å². The maximum Gasteiger partial charge on any atom is 0.319 e. The summed E-state index contributed by atoms with van der Waals surface area (Å²) < 4.78 is 9.91. The van der Waals surface area contributed by atoms with Crippen LogP contribution in [0.3, 0.4) is 0 Å².